The number of anilines is 3. The largest absolute Gasteiger partial charge is 0.497 e. The maximum atomic E-state index is 12.7. The van der Waals surface area contributed by atoms with Crippen LogP contribution in [0.2, 0.25) is 0 Å². The van der Waals surface area contributed by atoms with Gasteiger partial charge in [0.1, 0.15) is 78.3 Å². The molecule has 16 rings (SSSR count). The Kier molecular flexibility index (Phi) is 34.9. The van der Waals surface area contributed by atoms with Gasteiger partial charge < -0.3 is 82.3 Å². The number of nitrogen functional groups attached to an aromatic ring is 1. The molecule has 0 atom stereocenters. The molecule has 5 fully saturated rings. The highest BCUT2D eigenvalue weighted by Gasteiger charge is 2.32. The molecule has 0 spiro atoms. The fourth-order valence-electron chi connectivity index (χ4n) is 15.2. The Morgan fingerprint density at radius 3 is 1.07 bits per heavy atom. The number of methoxy groups -OCH3 is 5. The molecular formula is C96H108Cl3N11O13. The van der Waals surface area contributed by atoms with Crippen molar-refractivity contribution in [2.45, 2.75) is 115 Å². The highest BCUT2D eigenvalue weighted by atomic mass is 35.5. The van der Waals surface area contributed by atoms with Gasteiger partial charge in [0.2, 0.25) is 0 Å². The lowest BCUT2D eigenvalue weighted by molar-refractivity contribution is 0.146. The summed E-state index contributed by atoms with van der Waals surface area (Å²) in [6, 6.07) is 62.6. The van der Waals surface area contributed by atoms with E-state index in [0.717, 1.165) is 172 Å². The van der Waals surface area contributed by atoms with Crippen molar-refractivity contribution in [2.24, 2.45) is 11.8 Å². The highest BCUT2D eigenvalue weighted by Crippen LogP contribution is 2.47. The lowest BCUT2D eigenvalue weighted by Gasteiger charge is -2.30. The molecule has 5 aliphatic rings. The number of aromatic nitrogens is 3. The molecule has 11 aromatic rings. The quantitative estimate of drug-likeness (QED) is 0.0189. The van der Waals surface area contributed by atoms with E-state index in [1.54, 1.807) is 84.1 Å². The van der Waals surface area contributed by atoms with E-state index >= 15 is 0 Å². The Balaban J connectivity index is 0.000000161. The van der Waals surface area contributed by atoms with Crippen molar-refractivity contribution in [3.8, 4) is 92.2 Å². The van der Waals surface area contributed by atoms with Gasteiger partial charge in [-0.25, -0.2) is 14.4 Å². The highest BCUT2D eigenvalue weighted by molar-refractivity contribution is 6.61. The number of nitrogens with one attached hydrogen (secondary N) is 3. The number of hydrogen-bond donors (Lipinski definition) is 4. The van der Waals surface area contributed by atoms with Crippen LogP contribution >= 0.6 is 34.8 Å². The summed E-state index contributed by atoms with van der Waals surface area (Å²) in [5.41, 5.74) is 17.9. The number of carbonyl (C=O) groups is 3. The number of ether oxygens (including phenoxy) is 10. The first-order chi connectivity index (χ1) is 59.9. The minimum Gasteiger partial charge on any atom is -0.497 e. The number of urea groups is 1. The van der Waals surface area contributed by atoms with E-state index in [9.17, 15) is 30.2 Å². The second-order valence-corrected chi connectivity index (χ2v) is 31.7. The first-order valence-electron chi connectivity index (χ1n) is 41.6. The lowest BCUT2D eigenvalue weighted by Crippen LogP contribution is -2.40. The van der Waals surface area contributed by atoms with Gasteiger partial charge in [-0.1, -0.05) is 50.2 Å². The molecule has 123 heavy (non-hydrogen) atoms. The Labute approximate surface area is 734 Å². The number of alkyl halides is 2. The van der Waals surface area contributed by atoms with Crippen LogP contribution in [0.25, 0.3) is 66.5 Å². The van der Waals surface area contributed by atoms with Crippen LogP contribution in [0.15, 0.2) is 176 Å². The zero-order valence-corrected chi connectivity index (χ0v) is 73.0. The molecule has 27 heteroatoms. The number of piperidine rings is 2. The minimum absolute atomic E-state index is 0.0445. The lowest BCUT2D eigenvalue weighted by atomic mass is 9.92. The van der Waals surface area contributed by atoms with Crippen LogP contribution in [0.5, 0.6) is 40.2 Å². The third kappa shape index (κ3) is 24.4. The zero-order chi connectivity index (χ0) is 87.2. The molecule has 5 heterocycles. The topological polar surface area (TPSA) is 295 Å². The summed E-state index contributed by atoms with van der Waals surface area (Å²) >= 11 is 14.5. The first kappa shape index (κ1) is 92.1. The van der Waals surface area contributed by atoms with Crippen LogP contribution in [0.3, 0.4) is 0 Å². The number of fused-ring (bicyclic) bond motifs is 3. The van der Waals surface area contributed by atoms with Crippen molar-refractivity contribution in [3.63, 3.8) is 0 Å². The number of hydrogen-bond acceptors (Lipinski definition) is 18. The van der Waals surface area contributed by atoms with E-state index in [4.69, 9.17) is 83.2 Å². The molecular weight excluding hydrogens is 1620 g/mol. The third-order valence-electron chi connectivity index (χ3n) is 22.5. The number of halogens is 3. The number of rotatable bonds is 24. The van der Waals surface area contributed by atoms with E-state index in [2.05, 4.69) is 66.4 Å². The van der Waals surface area contributed by atoms with Gasteiger partial charge in [0.05, 0.1) is 89.7 Å². The Bertz CT molecular complexity index is 5400. The smallest absolute Gasteiger partial charge is 0.417 e. The molecule has 2 saturated heterocycles. The Morgan fingerprint density at radius 1 is 0.431 bits per heavy atom. The van der Waals surface area contributed by atoms with Gasteiger partial charge >= 0.3 is 17.6 Å². The van der Waals surface area contributed by atoms with Gasteiger partial charge in [0.25, 0.3) is 0 Å². The SMILES string of the molecule is CC1CCNCC1.COCCOc1ccc2c(C#N)c(-c3ccc(N)cc3)n(C3CCC3)c2c1.COCCOc1ccc2c(C#N)c(-c3ccc(NC(=O)N4CCC(C)CC4)cc3)n(C3CCC3)c2c1.COCCOc1ccc2c(C#N)c(-c3ccc(NC(=O)Oc4ccc(OC)cc4)cc3)n(C3CCC3)c2c1.COc1ccc(OC(=O)Cl)cc1.ClCCl. The predicted octanol–water partition coefficient (Wildman–Crippen LogP) is 22.1. The number of amides is 3. The molecule has 0 unspecified atom stereocenters. The summed E-state index contributed by atoms with van der Waals surface area (Å²) in [6.45, 7) is 11.6. The first-order valence-corrected chi connectivity index (χ1v) is 43.1. The van der Waals surface area contributed by atoms with Gasteiger partial charge in [-0.15, -0.1) is 23.2 Å². The monoisotopic (exact) mass is 1730 g/mol. The molecule has 2 aliphatic heterocycles. The summed E-state index contributed by atoms with van der Waals surface area (Å²) in [7, 11) is 8.09. The van der Waals surface area contributed by atoms with Gasteiger partial charge in [-0.3, -0.25) is 5.32 Å². The molecule has 0 bridgehead atoms. The number of nitrogens with two attached hydrogens (primary N) is 1. The second-order valence-electron chi connectivity index (χ2n) is 30.5. The van der Waals surface area contributed by atoms with Gasteiger partial charge in [0, 0.05) is 116 Å². The van der Waals surface area contributed by atoms with Gasteiger partial charge in [0.15, 0.2) is 0 Å². The Morgan fingerprint density at radius 2 is 0.756 bits per heavy atom. The molecule has 3 amide bonds. The molecule has 3 saturated carbocycles. The van der Waals surface area contributed by atoms with Crippen molar-refractivity contribution in [1.29, 1.82) is 15.8 Å². The van der Waals surface area contributed by atoms with Crippen molar-refractivity contribution in [3.05, 3.63) is 193 Å². The van der Waals surface area contributed by atoms with Crippen molar-refractivity contribution in [2.75, 3.05) is 123 Å². The predicted molar refractivity (Wildman–Crippen MR) is 486 cm³/mol. The average molecular weight is 1730 g/mol. The molecule has 646 valence electrons. The number of nitrogens with zero attached hydrogens (tertiary/aromatic N) is 7. The molecule has 8 aromatic carbocycles. The van der Waals surface area contributed by atoms with Crippen LogP contribution in [0.1, 0.15) is 132 Å². The van der Waals surface area contributed by atoms with Crippen molar-refractivity contribution >= 4 is 102 Å². The van der Waals surface area contributed by atoms with Crippen LogP contribution in [0, 0.1) is 45.8 Å². The van der Waals surface area contributed by atoms with E-state index in [-0.39, 0.29) is 11.4 Å². The summed E-state index contributed by atoms with van der Waals surface area (Å²) in [6.07, 6.45) is 14.4. The second kappa shape index (κ2) is 46.6. The molecule has 24 nitrogen and oxygen atoms in total. The van der Waals surface area contributed by atoms with E-state index in [1.165, 1.54) is 38.8 Å². The molecule has 0 radical (unpaired) electrons. The summed E-state index contributed by atoms with van der Waals surface area (Å²) in [4.78, 5) is 37.3. The normalized spacial score (nSPS) is 14.4. The minimum atomic E-state index is -0.847. The van der Waals surface area contributed by atoms with Gasteiger partial charge in [-0.05, 0) is 246 Å². The fourth-order valence-corrected chi connectivity index (χ4v) is 15.3. The Hall–Kier alpha value is -11.6. The van der Waals surface area contributed by atoms with Crippen LogP contribution < -0.4 is 54.8 Å². The third-order valence-corrected chi connectivity index (χ3v) is 22.6. The summed E-state index contributed by atoms with van der Waals surface area (Å²) < 4.78 is 59.7. The summed E-state index contributed by atoms with van der Waals surface area (Å²) in [5, 5.41) is 42.4. The zero-order valence-electron chi connectivity index (χ0n) is 70.7. The van der Waals surface area contributed by atoms with Crippen molar-refractivity contribution < 1.29 is 61.8 Å². The van der Waals surface area contributed by atoms with Gasteiger partial charge in [-0.2, -0.15) is 15.8 Å². The van der Waals surface area contributed by atoms with E-state index in [1.807, 2.05) is 132 Å². The number of benzene rings is 8. The van der Waals surface area contributed by atoms with E-state index < -0.39 is 11.5 Å². The maximum Gasteiger partial charge on any atom is 0.417 e. The standard InChI is InChI=1S/C30H29N3O5.C29H34N4O3.C22H23N3O2.C8H7ClO3.C6H13N.CH2Cl2/c1-35-16-17-37-25-14-15-26-27(19-31)29(33(28(26)18-25)22-4-3-5-22)20-6-8-21(9-7-20)32-30(34)38-24-12-10-23(36-2)11-13-24;1-20-12-14-32(15-13-20)29(34)31-22-8-6-21(7-9-22)28-26(19-30)25-11-10-24(36-17-16-35-2)18-27(25)33(28)23-4-3-5-23;1-26-11-12-27-18-9-10-19-20(14-23)22(15-5-7-16(24)8-6-15)25(21(19)13-18)17-3-2-4-17;1-11-6-2-4-7(5-3-6)12-8(9)10;1-6-2-4-7-5-3-6;2-1-3/h6-15,18,22H,3-5,16-17H2,1-2H3,(H,32,34);6-11,18,20,23H,3-5,12-17H2,1-2H3,(H,31,34);5-10,13,17H,2-4,11-12,24H2,1H3;2-5H,1H3;6-7H,2-5H2,1H3;1H2. The van der Waals surface area contributed by atoms with Crippen LogP contribution in [0.4, 0.5) is 31.4 Å². The molecule has 3 aliphatic carbocycles. The van der Waals surface area contributed by atoms with Crippen molar-refractivity contribution in [1.82, 2.24) is 23.9 Å². The van der Waals surface area contributed by atoms with Crippen LogP contribution in [-0.4, -0.2) is 143 Å². The van der Waals surface area contributed by atoms with E-state index in [0.29, 0.717) is 109 Å². The number of nitriles is 3. The summed E-state index contributed by atoms with van der Waals surface area (Å²) in [5.74, 6) is 6.16. The molecule has 3 aromatic heterocycles. The average Bonchev–Trinajstić information content (AvgIpc) is 1.60. The van der Waals surface area contributed by atoms with Crippen LogP contribution in [-0.2, 0) is 14.2 Å². The maximum absolute atomic E-state index is 12.7. The number of likely N-dealkylation sites (tertiary alicyclic amines) is 1. The number of carbonyl (C=O) groups excluding carboxylic acids is 3. The molecule has 5 N–H and O–H groups in total. The fraction of sp³-hybridized carbons (Fsp3) is 0.375.